The molecule has 3 aromatic carbocycles. The molecule has 0 radical (unpaired) electrons. The van der Waals surface area contributed by atoms with E-state index in [4.69, 9.17) is 9.47 Å². The number of nitrogens with one attached hydrogen (secondary N) is 2. The number of rotatable bonds is 11. The number of hydrogen-bond donors (Lipinski definition) is 2. The number of para-hydroxylation sites is 1. The first-order valence-electron chi connectivity index (χ1n) is 11.0. The molecular formula is C26H25N5O4. The van der Waals surface area contributed by atoms with Gasteiger partial charge in [-0.3, -0.25) is 9.59 Å². The highest BCUT2D eigenvalue weighted by Crippen LogP contribution is 2.22. The number of hydrogen-bond acceptors (Lipinski definition) is 6. The van der Waals surface area contributed by atoms with Crippen LogP contribution in [0.1, 0.15) is 5.56 Å². The van der Waals surface area contributed by atoms with Crippen molar-refractivity contribution in [2.75, 3.05) is 11.9 Å². The Hall–Kier alpha value is -4.50. The van der Waals surface area contributed by atoms with Crippen molar-refractivity contribution in [3.8, 4) is 11.5 Å². The Balaban J connectivity index is 1.36. The molecule has 0 spiro atoms. The number of anilines is 1. The molecule has 0 aliphatic carbocycles. The zero-order valence-electron chi connectivity index (χ0n) is 18.9. The fourth-order valence-electron chi connectivity index (χ4n) is 3.21. The third-order valence-corrected chi connectivity index (χ3v) is 4.92. The van der Waals surface area contributed by atoms with Crippen LogP contribution in [0.15, 0.2) is 97.6 Å². The van der Waals surface area contributed by atoms with E-state index in [0.717, 1.165) is 11.3 Å². The van der Waals surface area contributed by atoms with Crippen molar-refractivity contribution < 1.29 is 19.1 Å². The van der Waals surface area contributed by atoms with Crippen LogP contribution in [0.2, 0.25) is 0 Å². The number of nitrogens with zero attached hydrogens (tertiary/aromatic N) is 3. The van der Waals surface area contributed by atoms with Crippen LogP contribution in [-0.4, -0.2) is 39.2 Å². The number of benzene rings is 3. The Bertz CT molecular complexity index is 1200. The summed E-state index contributed by atoms with van der Waals surface area (Å²) in [5, 5.41) is 9.46. The lowest BCUT2D eigenvalue weighted by atomic mass is 10.2. The van der Waals surface area contributed by atoms with Gasteiger partial charge in [0, 0.05) is 5.69 Å². The summed E-state index contributed by atoms with van der Waals surface area (Å²) in [7, 11) is 0. The van der Waals surface area contributed by atoms with Crippen LogP contribution in [0.5, 0.6) is 11.5 Å². The van der Waals surface area contributed by atoms with Gasteiger partial charge >= 0.3 is 0 Å². The molecule has 0 aliphatic heterocycles. The van der Waals surface area contributed by atoms with Crippen molar-refractivity contribution >= 4 is 17.5 Å². The highest BCUT2D eigenvalue weighted by Gasteiger charge is 2.22. The Morgan fingerprint density at radius 3 is 2.26 bits per heavy atom. The second kappa shape index (κ2) is 12.1. The topological polar surface area (TPSA) is 107 Å². The largest absolute Gasteiger partial charge is 0.457 e. The molecule has 0 aliphatic rings. The van der Waals surface area contributed by atoms with E-state index in [1.54, 1.807) is 24.3 Å². The Kier molecular flexibility index (Phi) is 8.18. The Morgan fingerprint density at radius 2 is 1.57 bits per heavy atom. The molecule has 0 saturated heterocycles. The lowest BCUT2D eigenvalue weighted by molar-refractivity contribution is -0.128. The molecule has 0 fully saturated rings. The molecule has 4 aromatic rings. The highest BCUT2D eigenvalue weighted by atomic mass is 16.5. The molecule has 0 unspecified atom stereocenters. The van der Waals surface area contributed by atoms with Gasteiger partial charge in [-0.05, 0) is 42.0 Å². The molecule has 0 bridgehead atoms. The maximum absolute atomic E-state index is 13.0. The van der Waals surface area contributed by atoms with Crippen molar-refractivity contribution in [3.05, 3.63) is 103 Å². The van der Waals surface area contributed by atoms with E-state index >= 15 is 0 Å². The third-order valence-electron chi connectivity index (χ3n) is 4.92. The summed E-state index contributed by atoms with van der Waals surface area (Å²) in [6.45, 7) is 0.252. The van der Waals surface area contributed by atoms with Gasteiger partial charge in [0.25, 0.3) is 0 Å². The molecule has 178 valence electrons. The molecule has 1 aromatic heterocycles. The smallest absolute Gasteiger partial charge is 0.249 e. The van der Waals surface area contributed by atoms with Crippen LogP contribution in [0.3, 0.4) is 0 Å². The summed E-state index contributed by atoms with van der Waals surface area (Å²) in [4.78, 5) is 29.3. The predicted molar refractivity (Wildman–Crippen MR) is 130 cm³/mol. The van der Waals surface area contributed by atoms with Gasteiger partial charge < -0.3 is 20.1 Å². The predicted octanol–water partition coefficient (Wildman–Crippen LogP) is 3.41. The monoisotopic (exact) mass is 471 g/mol. The first kappa shape index (κ1) is 23.7. The Morgan fingerprint density at radius 1 is 0.886 bits per heavy atom. The van der Waals surface area contributed by atoms with Gasteiger partial charge in [-0.2, -0.15) is 5.10 Å². The number of carbonyl (C=O) groups is 2. The van der Waals surface area contributed by atoms with Crippen molar-refractivity contribution in [3.63, 3.8) is 0 Å². The lowest BCUT2D eigenvalue weighted by Crippen LogP contribution is -2.47. The van der Waals surface area contributed by atoms with E-state index in [-0.39, 0.29) is 19.1 Å². The minimum atomic E-state index is -0.907. The van der Waals surface area contributed by atoms with Gasteiger partial charge in [0.15, 0.2) is 0 Å². The lowest BCUT2D eigenvalue weighted by Gasteiger charge is -2.19. The average molecular weight is 472 g/mol. The summed E-state index contributed by atoms with van der Waals surface area (Å²) in [6, 6.07) is 25.1. The summed E-state index contributed by atoms with van der Waals surface area (Å²) >= 11 is 0. The first-order chi connectivity index (χ1) is 17.2. The first-order valence-corrected chi connectivity index (χ1v) is 11.0. The van der Waals surface area contributed by atoms with E-state index in [0.29, 0.717) is 18.0 Å². The van der Waals surface area contributed by atoms with Crippen molar-refractivity contribution in [2.24, 2.45) is 0 Å². The van der Waals surface area contributed by atoms with Gasteiger partial charge in [-0.1, -0.05) is 48.5 Å². The molecule has 1 atom stereocenters. The van der Waals surface area contributed by atoms with E-state index in [1.165, 1.54) is 17.3 Å². The van der Waals surface area contributed by atoms with Crippen LogP contribution in [0, 0.1) is 0 Å². The fourth-order valence-corrected chi connectivity index (χ4v) is 3.21. The maximum atomic E-state index is 13.0. The van der Waals surface area contributed by atoms with Gasteiger partial charge in [0.1, 0.15) is 36.7 Å². The van der Waals surface area contributed by atoms with Crippen LogP contribution >= 0.6 is 0 Å². The van der Waals surface area contributed by atoms with Gasteiger partial charge in [0.2, 0.25) is 11.8 Å². The van der Waals surface area contributed by atoms with Gasteiger partial charge in [-0.15, -0.1) is 0 Å². The molecule has 9 heteroatoms. The van der Waals surface area contributed by atoms with Gasteiger partial charge in [0.05, 0.1) is 13.2 Å². The van der Waals surface area contributed by atoms with Gasteiger partial charge in [-0.25, -0.2) is 9.67 Å². The van der Waals surface area contributed by atoms with E-state index in [2.05, 4.69) is 20.7 Å². The van der Waals surface area contributed by atoms with Crippen molar-refractivity contribution in [2.45, 2.75) is 19.2 Å². The molecule has 4 rings (SSSR count). The van der Waals surface area contributed by atoms with Crippen LogP contribution in [0.25, 0.3) is 0 Å². The zero-order chi connectivity index (χ0) is 24.3. The number of aromatic nitrogens is 3. The van der Waals surface area contributed by atoms with E-state index in [1.807, 2.05) is 60.7 Å². The molecule has 0 saturated carbocycles. The molecular weight excluding hydrogens is 446 g/mol. The third kappa shape index (κ3) is 7.51. The standard InChI is InChI=1S/C26H25N5O4/c32-25(15-31-19-27-18-28-31)30-24(17-34-16-20-7-3-1-4-8-20)26(33)29-21-11-13-23(14-12-21)35-22-9-5-2-6-10-22/h1-14,18-19,24H,15-17H2,(H,29,33)(H,30,32)/t24-/m0/s1. The van der Waals surface area contributed by atoms with Crippen LogP contribution in [-0.2, 0) is 27.5 Å². The summed E-state index contributed by atoms with van der Waals surface area (Å²) in [5.41, 5.74) is 1.53. The summed E-state index contributed by atoms with van der Waals surface area (Å²) in [5.74, 6) is 0.570. The summed E-state index contributed by atoms with van der Waals surface area (Å²) in [6.07, 6.45) is 2.77. The summed E-state index contributed by atoms with van der Waals surface area (Å²) < 4.78 is 12.9. The molecule has 9 nitrogen and oxygen atoms in total. The Labute approximate surface area is 202 Å². The van der Waals surface area contributed by atoms with Crippen LogP contribution < -0.4 is 15.4 Å². The molecule has 35 heavy (non-hydrogen) atoms. The SMILES string of the molecule is O=C(Cn1cncn1)N[C@@H](COCc1ccccc1)C(=O)Nc1ccc(Oc2ccccc2)cc1. The minimum Gasteiger partial charge on any atom is -0.457 e. The van der Waals surface area contributed by atoms with E-state index in [9.17, 15) is 9.59 Å². The van der Waals surface area contributed by atoms with Crippen LogP contribution in [0.4, 0.5) is 5.69 Å². The highest BCUT2D eigenvalue weighted by molar-refractivity contribution is 5.97. The van der Waals surface area contributed by atoms with Crippen molar-refractivity contribution in [1.29, 1.82) is 0 Å². The normalized spacial score (nSPS) is 11.4. The second-order valence-corrected chi connectivity index (χ2v) is 7.64. The average Bonchev–Trinajstić information content (AvgIpc) is 3.39. The fraction of sp³-hybridized carbons (Fsp3) is 0.154. The number of ether oxygens (including phenoxy) is 2. The minimum absolute atomic E-state index is 0.000966. The van der Waals surface area contributed by atoms with E-state index < -0.39 is 11.9 Å². The molecule has 2 amide bonds. The number of amides is 2. The number of carbonyl (C=O) groups excluding carboxylic acids is 2. The maximum Gasteiger partial charge on any atom is 0.249 e. The zero-order valence-corrected chi connectivity index (χ0v) is 18.9. The molecule has 1 heterocycles. The van der Waals surface area contributed by atoms with Crippen molar-refractivity contribution in [1.82, 2.24) is 20.1 Å². The quantitative estimate of drug-likeness (QED) is 0.347. The molecule has 2 N–H and O–H groups in total. The second-order valence-electron chi connectivity index (χ2n) is 7.64.